The van der Waals surface area contributed by atoms with Crippen molar-refractivity contribution in [1.82, 2.24) is 9.80 Å². The summed E-state index contributed by atoms with van der Waals surface area (Å²) in [6.07, 6.45) is 1.50. The fraction of sp³-hybridized carbons (Fsp3) is 0.444. The number of carbonyl (C=O) groups is 3. The number of aromatic hydroxyl groups is 1. The fourth-order valence-corrected chi connectivity index (χ4v) is 4.30. The summed E-state index contributed by atoms with van der Waals surface area (Å²) < 4.78 is 17.6. The number of rotatable bonds is 9. The van der Waals surface area contributed by atoms with Crippen molar-refractivity contribution in [3.05, 3.63) is 56.5 Å². The van der Waals surface area contributed by atoms with E-state index in [4.69, 9.17) is 41.0 Å². The van der Waals surface area contributed by atoms with Crippen LogP contribution in [0.2, 0.25) is 0 Å². The number of hydrogen-bond donors (Lipinski definition) is 1. The molecule has 0 bridgehead atoms. The van der Waals surface area contributed by atoms with Gasteiger partial charge in [0, 0.05) is 65.2 Å². The average molecular weight is 805 g/mol. The molecule has 0 aliphatic carbocycles. The quantitative estimate of drug-likeness (QED) is 0.0917. The van der Waals surface area contributed by atoms with E-state index in [-0.39, 0.29) is 116 Å². The van der Waals surface area contributed by atoms with E-state index in [0.717, 1.165) is 88.1 Å². The molecule has 0 aromatic heterocycles. The van der Waals surface area contributed by atoms with Crippen molar-refractivity contribution in [1.29, 1.82) is 0 Å². The first-order valence-corrected chi connectivity index (χ1v) is 14.7. The number of phenolic OH excluding ortho intramolecular Hbond substituents is 1. The van der Waals surface area contributed by atoms with Crippen LogP contribution in [0.3, 0.4) is 0 Å². The molecule has 2 heterocycles. The van der Waals surface area contributed by atoms with E-state index in [0.29, 0.717) is 28.5 Å². The Kier molecular flexibility index (Phi) is 32.8. The van der Waals surface area contributed by atoms with Gasteiger partial charge in [0.05, 0.1) is 26.4 Å². The van der Waals surface area contributed by atoms with E-state index in [9.17, 15) is 9.59 Å². The minimum absolute atomic E-state index is 0. The summed E-state index contributed by atoms with van der Waals surface area (Å²) in [5.74, 6) is 1.57. The molecule has 2 fully saturated rings. The van der Waals surface area contributed by atoms with Gasteiger partial charge in [-0.15, -0.1) is 11.6 Å². The molecule has 16 heteroatoms. The summed E-state index contributed by atoms with van der Waals surface area (Å²) >= 11 is 12.0. The van der Waals surface area contributed by atoms with E-state index in [2.05, 4.69) is 46.5 Å². The molecule has 11 nitrogen and oxygen atoms in total. The van der Waals surface area contributed by atoms with E-state index in [1.54, 1.807) is 12.1 Å². The van der Waals surface area contributed by atoms with Crippen LogP contribution in [0.25, 0.3) is 0 Å². The number of benzene rings is 2. The summed E-state index contributed by atoms with van der Waals surface area (Å²) in [4.78, 5) is 36.9. The van der Waals surface area contributed by atoms with Gasteiger partial charge in [-0.1, -0.05) is 31.9 Å². The van der Waals surface area contributed by atoms with Crippen molar-refractivity contribution in [2.75, 3.05) is 78.2 Å². The Bertz CT molecular complexity index is 1040. The molecule has 0 atom stereocenters. The Morgan fingerprint density at radius 2 is 1.33 bits per heavy atom. The fourth-order valence-electron chi connectivity index (χ4n) is 3.39. The maximum Gasteiger partial charge on any atom is 1.00 e. The van der Waals surface area contributed by atoms with E-state index >= 15 is 0 Å². The van der Waals surface area contributed by atoms with Gasteiger partial charge in [0.2, 0.25) is 0 Å². The smallest absolute Gasteiger partial charge is 1.00 e. The number of halogens is 3. The summed E-state index contributed by atoms with van der Waals surface area (Å²) in [7, 11) is 0. The van der Waals surface area contributed by atoms with Gasteiger partial charge in [-0.25, -0.2) is 0 Å². The van der Waals surface area contributed by atoms with Crippen molar-refractivity contribution in [2.45, 2.75) is 0 Å². The monoisotopic (exact) mass is 802 g/mol. The van der Waals surface area contributed by atoms with Crippen LogP contribution in [-0.4, -0.2) is 112 Å². The van der Waals surface area contributed by atoms with Crippen LogP contribution in [-0.2, 0) is 19.2 Å². The first-order chi connectivity index (χ1) is 19.9. The number of ether oxygens (including phenoxy) is 3. The largest absolute Gasteiger partial charge is 1.00 e. The van der Waals surface area contributed by atoms with Gasteiger partial charge in [-0.05, 0) is 36.4 Å². The van der Waals surface area contributed by atoms with E-state index in [1.807, 2.05) is 12.1 Å². The second kappa shape index (κ2) is 30.5. The van der Waals surface area contributed by atoms with Crippen LogP contribution >= 0.6 is 43.5 Å². The molecule has 4 rings (SSSR count). The molecule has 2 aliphatic heterocycles. The van der Waals surface area contributed by atoms with Crippen molar-refractivity contribution >= 4 is 62.5 Å². The van der Waals surface area contributed by atoms with Gasteiger partial charge in [-0.3, -0.25) is 24.2 Å². The first kappa shape index (κ1) is 46.3. The van der Waals surface area contributed by atoms with Gasteiger partial charge in [0.1, 0.15) is 18.1 Å². The Morgan fingerprint density at radius 3 is 1.77 bits per heavy atom. The Balaban J connectivity index is -0.000000556. The maximum absolute atomic E-state index is 10.8. The number of morpholine rings is 2. The van der Waals surface area contributed by atoms with Gasteiger partial charge >= 0.3 is 103 Å². The van der Waals surface area contributed by atoms with Gasteiger partial charge in [0.25, 0.3) is 6.47 Å². The van der Waals surface area contributed by atoms with Crippen molar-refractivity contribution in [3.8, 4) is 11.5 Å². The molecule has 2 aromatic rings. The van der Waals surface area contributed by atoms with Crippen LogP contribution < -0.4 is 113 Å². The van der Waals surface area contributed by atoms with Crippen molar-refractivity contribution in [3.63, 3.8) is 0 Å². The number of hydrogen-bond acceptors (Lipinski definition) is 11. The van der Waals surface area contributed by atoms with Crippen LogP contribution in [0.15, 0.2) is 45.3 Å². The zero-order valence-corrected chi connectivity index (χ0v) is 34.6. The number of phenols is 1. The van der Waals surface area contributed by atoms with E-state index in [1.165, 1.54) is 12.1 Å². The summed E-state index contributed by atoms with van der Waals surface area (Å²) in [5, 5.41) is 17.3. The third kappa shape index (κ3) is 22.4. The molecule has 0 unspecified atom stereocenters. The van der Waals surface area contributed by atoms with Crippen LogP contribution in [0, 0.1) is 0 Å². The SMILES string of the molecule is ClCCN1CCOCC1.O=CO[O-].O=Cc1cc(O)ccc1Br.O=Cc1cc(OCCN2CCOCC2)ccc1Br.[H-].[K+].[K+]. The van der Waals surface area contributed by atoms with Crippen molar-refractivity contribution < 1.29 is 148 Å². The topological polar surface area (TPSA) is 138 Å². The molecule has 0 spiro atoms. The summed E-state index contributed by atoms with van der Waals surface area (Å²) in [6.45, 7) is 9.70. The molecule has 2 saturated heterocycles. The minimum Gasteiger partial charge on any atom is -1.00 e. The Labute approximate surface area is 360 Å². The molecular weight excluding hydrogens is 770 g/mol. The molecule has 0 saturated carbocycles. The second-order valence-electron chi connectivity index (χ2n) is 8.26. The number of nitrogens with zero attached hydrogens (tertiary/aromatic N) is 2. The Hall–Kier alpha value is 1.17. The molecule has 2 aliphatic rings. The van der Waals surface area contributed by atoms with Crippen molar-refractivity contribution in [2.24, 2.45) is 0 Å². The predicted octanol–water partition coefficient (Wildman–Crippen LogP) is -2.95. The summed E-state index contributed by atoms with van der Waals surface area (Å²) in [5.41, 5.74) is 1.07. The molecule has 0 radical (unpaired) electrons. The molecule has 230 valence electrons. The molecular formula is C27H35Br2ClK2N2O9. The Morgan fingerprint density at radius 1 is 0.860 bits per heavy atom. The van der Waals surface area contributed by atoms with Gasteiger partial charge in [-0.2, -0.15) is 0 Å². The van der Waals surface area contributed by atoms with Gasteiger partial charge < -0.3 is 30.9 Å². The van der Waals surface area contributed by atoms with Crippen LogP contribution in [0.5, 0.6) is 11.5 Å². The minimum atomic E-state index is -0.181. The van der Waals surface area contributed by atoms with Crippen LogP contribution in [0.4, 0.5) is 0 Å². The first-order valence-electron chi connectivity index (χ1n) is 12.6. The molecule has 0 amide bonds. The maximum atomic E-state index is 10.8. The van der Waals surface area contributed by atoms with E-state index < -0.39 is 0 Å². The molecule has 2 aromatic carbocycles. The predicted molar refractivity (Wildman–Crippen MR) is 160 cm³/mol. The third-order valence-corrected chi connectivity index (χ3v) is 7.14. The number of carbonyl (C=O) groups excluding carboxylic acids is 3. The standard InChI is InChI=1S/C13H16BrNO3.C7H5BrO2.C6H12ClNO.CH2O3.2K.H/c14-13-2-1-12(9-11(13)10-16)18-8-5-15-3-6-17-7-4-15;8-7-2-1-6(10)3-5(7)4-9;7-1-2-8-3-5-9-6-4-8;2-1-4-3;;;/h1-2,9-10H,3-8H2;1-4,10H;1-6H2;1,3H;;;/q;;;;2*+1;-1/p-1. The molecule has 43 heavy (non-hydrogen) atoms. The zero-order chi connectivity index (χ0) is 30.3. The molecule has 1 N–H and O–H groups in total. The number of alkyl halides is 1. The normalized spacial score (nSPS) is 14.2. The third-order valence-electron chi connectivity index (χ3n) is 5.52. The second-order valence-corrected chi connectivity index (χ2v) is 10.3. The number of aldehydes is 2. The zero-order valence-electron chi connectivity index (χ0n) is 25.4. The van der Waals surface area contributed by atoms with Gasteiger partial charge in [0.15, 0.2) is 12.6 Å². The van der Waals surface area contributed by atoms with Crippen LogP contribution in [0.1, 0.15) is 22.1 Å². The summed E-state index contributed by atoms with van der Waals surface area (Å²) in [6, 6.07) is 9.97. The average Bonchev–Trinajstić information content (AvgIpc) is 3.01.